The van der Waals surface area contributed by atoms with Gasteiger partial charge in [0.25, 0.3) is 0 Å². The fraction of sp³-hybridized carbons (Fsp3) is 0.471. The summed E-state index contributed by atoms with van der Waals surface area (Å²) in [6, 6.07) is 2.61. The van der Waals surface area contributed by atoms with Gasteiger partial charge in [-0.05, 0) is 39.3 Å². The van der Waals surface area contributed by atoms with Gasteiger partial charge in [0, 0.05) is 18.3 Å². The van der Waals surface area contributed by atoms with Crippen LogP contribution < -0.4 is 14.2 Å². The van der Waals surface area contributed by atoms with Crippen molar-refractivity contribution < 1.29 is 17.9 Å². The van der Waals surface area contributed by atoms with E-state index in [1.54, 1.807) is 0 Å². The van der Waals surface area contributed by atoms with E-state index >= 15 is 0 Å². The molecular formula is C17H24ClN3O4S. The SMILES string of the molecule is COc1cc(OC)c(S(=O)(=O)NC[C@@H](C)n2nc(C)c(C)c2C)cc1Cl. The minimum Gasteiger partial charge on any atom is -0.495 e. The molecule has 1 aromatic heterocycles. The molecule has 0 bridgehead atoms. The Morgan fingerprint density at radius 1 is 1.19 bits per heavy atom. The Hall–Kier alpha value is -1.77. The summed E-state index contributed by atoms with van der Waals surface area (Å²) >= 11 is 6.08. The van der Waals surface area contributed by atoms with Gasteiger partial charge in [-0.15, -0.1) is 0 Å². The molecule has 0 radical (unpaired) electrons. The first kappa shape index (κ1) is 20.5. The van der Waals surface area contributed by atoms with Crippen LogP contribution >= 0.6 is 11.6 Å². The Morgan fingerprint density at radius 3 is 2.31 bits per heavy atom. The second-order valence-corrected chi connectivity index (χ2v) is 8.22. The van der Waals surface area contributed by atoms with Gasteiger partial charge >= 0.3 is 0 Å². The van der Waals surface area contributed by atoms with Gasteiger partial charge in [-0.1, -0.05) is 11.6 Å². The van der Waals surface area contributed by atoms with Crippen molar-refractivity contribution >= 4 is 21.6 Å². The maximum Gasteiger partial charge on any atom is 0.244 e. The summed E-state index contributed by atoms with van der Waals surface area (Å²) < 4.78 is 40.2. The lowest BCUT2D eigenvalue weighted by molar-refractivity contribution is 0.385. The second kappa shape index (κ2) is 7.85. The third-order valence-electron chi connectivity index (χ3n) is 4.40. The number of nitrogens with one attached hydrogen (secondary N) is 1. The van der Waals surface area contributed by atoms with E-state index in [2.05, 4.69) is 9.82 Å². The van der Waals surface area contributed by atoms with Crippen molar-refractivity contribution in [1.82, 2.24) is 14.5 Å². The van der Waals surface area contributed by atoms with Crippen molar-refractivity contribution in [3.8, 4) is 11.5 Å². The highest BCUT2D eigenvalue weighted by Gasteiger charge is 2.23. The zero-order valence-corrected chi connectivity index (χ0v) is 17.3. The highest BCUT2D eigenvalue weighted by atomic mass is 35.5. The van der Waals surface area contributed by atoms with E-state index in [-0.39, 0.29) is 28.3 Å². The molecule has 1 aromatic carbocycles. The van der Waals surface area contributed by atoms with Crippen LogP contribution in [0.15, 0.2) is 17.0 Å². The van der Waals surface area contributed by atoms with E-state index in [0.29, 0.717) is 5.75 Å². The van der Waals surface area contributed by atoms with Crippen LogP contribution in [0, 0.1) is 20.8 Å². The summed E-state index contributed by atoms with van der Waals surface area (Å²) in [4.78, 5) is -0.0393. The first-order valence-corrected chi connectivity index (χ1v) is 9.92. The summed E-state index contributed by atoms with van der Waals surface area (Å²) in [6.45, 7) is 7.97. The van der Waals surface area contributed by atoms with Crippen LogP contribution in [0.5, 0.6) is 11.5 Å². The minimum absolute atomic E-state index is 0.0393. The zero-order valence-electron chi connectivity index (χ0n) is 15.8. The van der Waals surface area contributed by atoms with Gasteiger partial charge in [0.15, 0.2) is 0 Å². The van der Waals surface area contributed by atoms with Gasteiger partial charge in [0.2, 0.25) is 10.0 Å². The van der Waals surface area contributed by atoms with Crippen molar-refractivity contribution in [2.24, 2.45) is 0 Å². The molecule has 0 aliphatic rings. The third-order valence-corrected chi connectivity index (χ3v) is 6.14. The Balaban J connectivity index is 2.26. The molecule has 0 aliphatic carbocycles. The monoisotopic (exact) mass is 401 g/mol. The van der Waals surface area contributed by atoms with E-state index in [1.807, 2.05) is 32.4 Å². The van der Waals surface area contributed by atoms with Crippen LogP contribution in [0.4, 0.5) is 0 Å². The maximum absolute atomic E-state index is 12.7. The van der Waals surface area contributed by atoms with Crippen LogP contribution in [0.1, 0.15) is 29.9 Å². The summed E-state index contributed by atoms with van der Waals surface area (Å²) in [5.74, 6) is 0.502. The molecule has 0 spiro atoms. The van der Waals surface area contributed by atoms with E-state index in [0.717, 1.165) is 17.0 Å². The molecule has 26 heavy (non-hydrogen) atoms. The number of benzene rings is 1. The quantitative estimate of drug-likeness (QED) is 0.771. The van der Waals surface area contributed by atoms with E-state index in [1.165, 1.54) is 26.4 Å². The third kappa shape index (κ3) is 3.97. The Labute approximate surface area is 159 Å². The average Bonchev–Trinajstić information content (AvgIpc) is 2.87. The first-order chi connectivity index (χ1) is 12.1. The molecule has 0 unspecified atom stereocenters. The molecule has 2 rings (SSSR count). The number of ether oxygens (including phenoxy) is 2. The van der Waals surface area contributed by atoms with Gasteiger partial charge in [-0.2, -0.15) is 5.10 Å². The topological polar surface area (TPSA) is 82.5 Å². The van der Waals surface area contributed by atoms with Crippen LogP contribution in [0.25, 0.3) is 0 Å². The lowest BCUT2D eigenvalue weighted by Crippen LogP contribution is -2.30. The maximum atomic E-state index is 12.7. The molecule has 1 atom stereocenters. The fourth-order valence-electron chi connectivity index (χ4n) is 2.61. The highest BCUT2D eigenvalue weighted by Crippen LogP contribution is 2.35. The predicted molar refractivity (Wildman–Crippen MR) is 101 cm³/mol. The number of methoxy groups -OCH3 is 2. The minimum atomic E-state index is -3.83. The van der Waals surface area contributed by atoms with Crippen molar-refractivity contribution in [1.29, 1.82) is 0 Å². The Bertz CT molecular complexity index is 909. The fourth-order valence-corrected chi connectivity index (χ4v) is 4.21. The van der Waals surface area contributed by atoms with Gasteiger partial charge in [-0.25, -0.2) is 13.1 Å². The van der Waals surface area contributed by atoms with Gasteiger partial charge in [0.1, 0.15) is 16.4 Å². The number of aryl methyl sites for hydroxylation is 1. The smallest absolute Gasteiger partial charge is 0.244 e. The molecule has 0 saturated heterocycles. The number of halogens is 1. The number of sulfonamides is 1. The molecule has 0 amide bonds. The molecular weight excluding hydrogens is 378 g/mol. The summed E-state index contributed by atoms with van der Waals surface area (Å²) in [7, 11) is -0.984. The van der Waals surface area contributed by atoms with Gasteiger partial charge in [-0.3, -0.25) is 4.68 Å². The molecule has 0 aliphatic heterocycles. The molecule has 9 heteroatoms. The molecule has 0 saturated carbocycles. The zero-order chi connectivity index (χ0) is 19.6. The van der Waals surface area contributed by atoms with E-state index < -0.39 is 10.0 Å². The number of nitrogens with zero attached hydrogens (tertiary/aromatic N) is 2. The second-order valence-electron chi connectivity index (χ2n) is 6.08. The first-order valence-electron chi connectivity index (χ1n) is 8.05. The normalized spacial score (nSPS) is 12.9. The number of aromatic nitrogens is 2. The summed E-state index contributed by atoms with van der Waals surface area (Å²) in [6.07, 6.45) is 0. The van der Waals surface area contributed by atoms with E-state index in [4.69, 9.17) is 21.1 Å². The standard InChI is InChI=1S/C17H24ClN3O4S/c1-10(21-13(4)11(2)12(3)20-21)9-19-26(22,23)17-7-14(18)15(24-5)8-16(17)25-6/h7-8,10,19H,9H2,1-6H3/t10-/m1/s1. The average molecular weight is 402 g/mol. The lowest BCUT2D eigenvalue weighted by Gasteiger charge is -2.17. The predicted octanol–water partition coefficient (Wildman–Crippen LogP) is 3.02. The highest BCUT2D eigenvalue weighted by molar-refractivity contribution is 7.89. The molecule has 1 N–H and O–H groups in total. The van der Waals surface area contributed by atoms with Crippen molar-refractivity contribution in [2.45, 2.75) is 38.6 Å². The Kier molecular flexibility index (Phi) is 6.21. The molecule has 0 fully saturated rings. The van der Waals surface area contributed by atoms with Gasteiger partial charge in [0.05, 0.1) is 31.0 Å². The molecule has 1 heterocycles. The summed E-state index contributed by atoms with van der Waals surface area (Å²) in [5.41, 5.74) is 3.04. The van der Waals surface area contributed by atoms with E-state index in [9.17, 15) is 8.42 Å². The van der Waals surface area contributed by atoms with Crippen LogP contribution in [0.2, 0.25) is 5.02 Å². The van der Waals surface area contributed by atoms with Crippen molar-refractivity contribution in [3.05, 3.63) is 34.1 Å². The van der Waals surface area contributed by atoms with Gasteiger partial charge < -0.3 is 9.47 Å². The number of hydrogen-bond donors (Lipinski definition) is 1. The van der Waals surface area contributed by atoms with Crippen molar-refractivity contribution in [2.75, 3.05) is 20.8 Å². The summed E-state index contributed by atoms with van der Waals surface area (Å²) in [5, 5.41) is 4.66. The largest absolute Gasteiger partial charge is 0.495 e. The van der Waals surface area contributed by atoms with Crippen LogP contribution in [0.3, 0.4) is 0 Å². The van der Waals surface area contributed by atoms with Crippen LogP contribution in [-0.2, 0) is 10.0 Å². The molecule has 2 aromatic rings. The number of rotatable bonds is 7. The Morgan fingerprint density at radius 2 is 1.81 bits per heavy atom. The lowest BCUT2D eigenvalue weighted by atomic mass is 10.2. The molecule has 7 nitrogen and oxygen atoms in total. The number of hydrogen-bond acceptors (Lipinski definition) is 5. The van der Waals surface area contributed by atoms with Crippen molar-refractivity contribution in [3.63, 3.8) is 0 Å². The molecule has 144 valence electrons. The van der Waals surface area contributed by atoms with Crippen LogP contribution in [-0.4, -0.2) is 39.0 Å².